The van der Waals surface area contributed by atoms with E-state index in [0.29, 0.717) is 23.9 Å². The molecule has 0 aromatic carbocycles. The Morgan fingerprint density at radius 1 is 0.373 bits per heavy atom. The van der Waals surface area contributed by atoms with Gasteiger partial charge in [-0.15, -0.1) is 0 Å². The number of phosphoric acid groups is 1. The van der Waals surface area contributed by atoms with Gasteiger partial charge in [0.15, 0.2) is 0 Å². The Morgan fingerprint density at radius 2 is 0.590 bits per heavy atom. The van der Waals surface area contributed by atoms with E-state index >= 15 is 0 Å². The molecule has 0 aliphatic heterocycles. The molecule has 498 valence electrons. The largest absolute Gasteiger partial charge is 0.756 e. The minimum atomic E-state index is -4.58. The van der Waals surface area contributed by atoms with Crippen LogP contribution in [0.4, 0.5) is 0 Å². The molecule has 0 aromatic heterocycles. The number of quaternary nitrogens is 1. The number of unbranched alkanes of at least 4 members (excludes halogenated alkanes) is 59. The molecule has 0 aliphatic carbocycles. The number of carbonyl (C=O) groups is 1. The topological polar surface area (TPSA) is 108 Å². The average Bonchev–Trinajstić information content (AvgIpc) is 3.49. The van der Waals surface area contributed by atoms with Crippen molar-refractivity contribution in [3.05, 3.63) is 0 Å². The first kappa shape index (κ1) is 82.5. The summed E-state index contributed by atoms with van der Waals surface area (Å²) in [7, 11) is 1.33. The van der Waals surface area contributed by atoms with Crippen LogP contribution in [0.1, 0.15) is 418 Å². The second-order valence-corrected chi connectivity index (χ2v) is 29.1. The van der Waals surface area contributed by atoms with Crippen molar-refractivity contribution in [2.75, 3.05) is 40.9 Å². The van der Waals surface area contributed by atoms with Crippen molar-refractivity contribution in [1.29, 1.82) is 0 Å². The van der Waals surface area contributed by atoms with Crippen LogP contribution in [-0.2, 0) is 18.4 Å². The Kier molecular flexibility index (Phi) is 65.5. The smallest absolute Gasteiger partial charge is 0.268 e. The van der Waals surface area contributed by atoms with Crippen LogP contribution >= 0.6 is 7.82 Å². The van der Waals surface area contributed by atoms with Crippen molar-refractivity contribution in [2.24, 2.45) is 0 Å². The molecule has 9 heteroatoms. The van der Waals surface area contributed by atoms with E-state index in [1.54, 1.807) is 0 Å². The van der Waals surface area contributed by atoms with E-state index in [9.17, 15) is 19.4 Å². The summed E-state index contributed by atoms with van der Waals surface area (Å²) in [5.41, 5.74) is 0. The van der Waals surface area contributed by atoms with Gasteiger partial charge in [0.25, 0.3) is 7.82 Å². The minimum absolute atomic E-state index is 0.0171. The number of hydrogen-bond acceptors (Lipinski definition) is 6. The van der Waals surface area contributed by atoms with Gasteiger partial charge in [0.05, 0.1) is 39.9 Å². The van der Waals surface area contributed by atoms with E-state index in [4.69, 9.17) is 9.05 Å². The van der Waals surface area contributed by atoms with Crippen LogP contribution < -0.4 is 10.2 Å². The summed E-state index contributed by atoms with van der Waals surface area (Å²) in [6.45, 7) is 4.81. The van der Waals surface area contributed by atoms with Crippen molar-refractivity contribution in [3.63, 3.8) is 0 Å². The van der Waals surface area contributed by atoms with Crippen LogP contribution in [0.15, 0.2) is 0 Å². The summed E-state index contributed by atoms with van der Waals surface area (Å²) >= 11 is 0. The number of phosphoric ester groups is 1. The van der Waals surface area contributed by atoms with Gasteiger partial charge < -0.3 is 28.8 Å². The third-order valence-corrected chi connectivity index (χ3v) is 19.1. The van der Waals surface area contributed by atoms with E-state index in [1.165, 1.54) is 353 Å². The lowest BCUT2D eigenvalue weighted by molar-refractivity contribution is -0.870. The highest BCUT2D eigenvalue weighted by molar-refractivity contribution is 7.45. The first-order valence-corrected chi connectivity index (χ1v) is 39.3. The Morgan fingerprint density at radius 3 is 0.819 bits per heavy atom. The van der Waals surface area contributed by atoms with Crippen molar-refractivity contribution in [2.45, 2.75) is 431 Å². The van der Waals surface area contributed by atoms with Gasteiger partial charge in [0.1, 0.15) is 13.2 Å². The van der Waals surface area contributed by atoms with Crippen molar-refractivity contribution >= 4 is 13.7 Å². The molecule has 0 rings (SSSR count). The molecule has 83 heavy (non-hydrogen) atoms. The highest BCUT2D eigenvalue weighted by Gasteiger charge is 2.24. The Balaban J connectivity index is 3.93. The molecule has 3 atom stereocenters. The fourth-order valence-corrected chi connectivity index (χ4v) is 12.9. The molecular weight excluding hydrogens is 1040 g/mol. The lowest BCUT2D eigenvalue weighted by Gasteiger charge is -2.30. The summed E-state index contributed by atoms with van der Waals surface area (Å²) in [4.78, 5) is 25.7. The molecule has 0 bridgehead atoms. The first-order valence-electron chi connectivity index (χ1n) is 37.9. The summed E-state index contributed by atoms with van der Waals surface area (Å²) in [6, 6.07) is -0.797. The third-order valence-electron chi connectivity index (χ3n) is 18.1. The summed E-state index contributed by atoms with van der Waals surface area (Å²) in [5, 5.41) is 14.1. The second kappa shape index (κ2) is 65.9. The van der Waals surface area contributed by atoms with Crippen molar-refractivity contribution in [1.82, 2.24) is 5.32 Å². The molecule has 3 unspecified atom stereocenters. The minimum Gasteiger partial charge on any atom is -0.756 e. The van der Waals surface area contributed by atoms with Crippen LogP contribution in [0.5, 0.6) is 0 Å². The number of carbonyl (C=O) groups excluding carboxylic acids is 1. The molecule has 0 saturated heterocycles. The fraction of sp³-hybridized carbons (Fsp3) is 0.986. The number of rotatable bonds is 72. The monoisotopic (exact) mass is 1200 g/mol. The van der Waals surface area contributed by atoms with Gasteiger partial charge in [-0.3, -0.25) is 9.36 Å². The zero-order chi connectivity index (χ0) is 60.5. The van der Waals surface area contributed by atoms with Crippen molar-refractivity contribution < 1.29 is 32.9 Å². The number of aliphatic hydroxyl groups is 1. The maximum absolute atomic E-state index is 13.1. The van der Waals surface area contributed by atoms with E-state index < -0.39 is 20.0 Å². The summed E-state index contributed by atoms with van der Waals surface area (Å²) < 4.78 is 23.6. The first-order chi connectivity index (χ1) is 40.5. The zero-order valence-electron chi connectivity index (χ0n) is 57.2. The number of nitrogens with zero attached hydrogens (tertiary/aromatic N) is 1. The Labute approximate surface area is 520 Å². The number of nitrogens with one attached hydrogen (secondary N) is 1. The number of aliphatic hydroxyl groups excluding tert-OH is 1. The number of likely N-dealkylation sites (N-methyl/N-ethyl adjacent to an activating group) is 1. The molecule has 0 spiro atoms. The molecule has 0 saturated carbocycles. The summed E-state index contributed by atoms with van der Waals surface area (Å²) in [5.74, 6) is -0.152. The fourth-order valence-electron chi connectivity index (χ4n) is 12.2. The molecule has 0 heterocycles. The highest BCUT2D eigenvalue weighted by Crippen LogP contribution is 2.38. The van der Waals surface area contributed by atoms with E-state index in [-0.39, 0.29) is 19.1 Å². The molecule has 8 nitrogen and oxygen atoms in total. The highest BCUT2D eigenvalue weighted by atomic mass is 31.2. The predicted octanol–water partition coefficient (Wildman–Crippen LogP) is 23.7. The molecular formula is C74H151N2O6P. The SMILES string of the molecule is CCCCCCCCCCCCCCCCCCCCCCCCCCCCCCCCCCC(O)C(COP(=O)([O-])OCC[N+](C)(C)C)NC(=O)CCCCCCCCCCCCCCCCCCCCCCCCCCCCCCC. The lowest BCUT2D eigenvalue weighted by Crippen LogP contribution is -2.46. The van der Waals surface area contributed by atoms with Gasteiger partial charge in [-0.25, -0.2) is 0 Å². The Bertz CT molecular complexity index is 1310. The normalized spacial score (nSPS) is 13.5. The van der Waals surface area contributed by atoms with Gasteiger partial charge in [0, 0.05) is 6.42 Å². The van der Waals surface area contributed by atoms with Crippen molar-refractivity contribution in [3.8, 4) is 0 Å². The maximum Gasteiger partial charge on any atom is 0.268 e. The van der Waals surface area contributed by atoms with E-state index in [1.807, 2.05) is 21.1 Å². The van der Waals surface area contributed by atoms with Gasteiger partial charge in [-0.2, -0.15) is 0 Å². The lowest BCUT2D eigenvalue weighted by atomic mass is 10.0. The number of hydrogen-bond donors (Lipinski definition) is 2. The van der Waals surface area contributed by atoms with Crippen LogP contribution in [0.25, 0.3) is 0 Å². The van der Waals surface area contributed by atoms with Gasteiger partial charge >= 0.3 is 0 Å². The molecule has 0 aliphatic rings. The zero-order valence-corrected chi connectivity index (χ0v) is 58.1. The standard InChI is InChI=1S/C74H151N2O6P/c1-6-8-10-12-14-16-18-20-22-24-26-28-30-32-34-36-37-38-40-41-43-45-47-49-51-53-55-57-59-61-63-65-67-73(77)72(71-82-83(79,80)81-70-69-76(3,4)5)75-74(78)68-66-64-62-60-58-56-54-52-50-48-46-44-42-39-35-33-31-29-27-25-23-21-19-17-15-13-11-9-7-2/h72-73,77H,6-71H2,1-5H3,(H-,75,78,79,80). The molecule has 0 fully saturated rings. The van der Waals surface area contributed by atoms with Crippen LogP contribution in [0.2, 0.25) is 0 Å². The van der Waals surface area contributed by atoms with Gasteiger partial charge in [-0.1, -0.05) is 399 Å². The molecule has 2 N–H and O–H groups in total. The van der Waals surface area contributed by atoms with Crippen LogP contribution in [0, 0.1) is 0 Å². The molecule has 1 amide bonds. The predicted molar refractivity (Wildman–Crippen MR) is 363 cm³/mol. The van der Waals surface area contributed by atoms with E-state index in [0.717, 1.165) is 38.5 Å². The van der Waals surface area contributed by atoms with E-state index in [2.05, 4.69) is 19.2 Å². The van der Waals surface area contributed by atoms with Crippen LogP contribution in [-0.4, -0.2) is 68.5 Å². The van der Waals surface area contributed by atoms with Gasteiger partial charge in [-0.05, 0) is 12.8 Å². The van der Waals surface area contributed by atoms with Gasteiger partial charge in [0.2, 0.25) is 5.91 Å². The Hall–Kier alpha value is -0.500. The molecule has 0 aromatic rings. The third kappa shape index (κ3) is 68.8. The maximum atomic E-state index is 13.1. The van der Waals surface area contributed by atoms with Crippen LogP contribution in [0.3, 0.4) is 0 Å². The quantitative estimate of drug-likeness (QED) is 0.0357. The second-order valence-electron chi connectivity index (χ2n) is 27.7. The average molecular weight is 1200 g/mol. The number of amides is 1. The molecule has 0 radical (unpaired) electrons. The summed E-state index contributed by atoms with van der Waals surface area (Å²) in [6.07, 6.45) is 83.5.